The van der Waals surface area contributed by atoms with Crippen LogP contribution in [-0.2, 0) is 14.8 Å². The Morgan fingerprint density at radius 1 is 1.23 bits per heavy atom. The highest BCUT2D eigenvalue weighted by atomic mass is 32.2. The number of rotatable bonds is 4. The third-order valence-corrected chi connectivity index (χ3v) is 9.12. The van der Waals surface area contributed by atoms with Gasteiger partial charge < -0.3 is 5.32 Å². The maximum absolute atomic E-state index is 13.6. The van der Waals surface area contributed by atoms with Crippen molar-refractivity contribution in [2.75, 3.05) is 26.7 Å². The molecule has 1 spiro atoms. The highest BCUT2D eigenvalue weighted by Crippen LogP contribution is 2.49. The van der Waals surface area contributed by atoms with Gasteiger partial charge in [0.1, 0.15) is 11.9 Å². The van der Waals surface area contributed by atoms with Gasteiger partial charge in [0.25, 0.3) is 0 Å². The molecule has 7 nitrogen and oxygen atoms in total. The monoisotopic (exact) mass is 434 g/mol. The SMILES string of the molecule is CN1CCC[C@@H]1C(=O)NC1CCC12CCN(S(=O)(=O)c1ccc(F)c(C#N)c1)CC2. The number of hydrogen-bond acceptors (Lipinski definition) is 5. The summed E-state index contributed by atoms with van der Waals surface area (Å²) in [6.45, 7) is 1.66. The minimum atomic E-state index is -3.79. The average Bonchev–Trinajstić information content (AvgIpc) is 3.17. The highest BCUT2D eigenvalue weighted by Gasteiger charge is 2.50. The number of carbonyl (C=O) groups is 1. The fraction of sp³-hybridized carbons (Fsp3) is 0.619. The molecular weight excluding hydrogens is 407 g/mol. The number of amides is 1. The first-order chi connectivity index (χ1) is 14.3. The molecule has 0 aromatic heterocycles. The zero-order valence-corrected chi connectivity index (χ0v) is 17.9. The van der Waals surface area contributed by atoms with E-state index in [4.69, 9.17) is 5.26 Å². The summed E-state index contributed by atoms with van der Waals surface area (Å²) in [7, 11) is -1.81. The number of hydrogen-bond donors (Lipinski definition) is 1. The summed E-state index contributed by atoms with van der Waals surface area (Å²) in [5.41, 5.74) is -0.317. The van der Waals surface area contributed by atoms with Crippen molar-refractivity contribution in [3.63, 3.8) is 0 Å². The van der Waals surface area contributed by atoms with Crippen molar-refractivity contribution in [1.82, 2.24) is 14.5 Å². The topological polar surface area (TPSA) is 93.5 Å². The molecule has 2 heterocycles. The number of piperidine rings is 1. The Labute approximate surface area is 176 Å². The van der Waals surface area contributed by atoms with E-state index in [0.29, 0.717) is 25.9 Å². The predicted molar refractivity (Wildman–Crippen MR) is 108 cm³/mol. The molecule has 1 saturated carbocycles. The second-order valence-electron chi connectivity index (χ2n) is 8.76. The fourth-order valence-electron chi connectivity index (χ4n) is 5.10. The predicted octanol–water partition coefficient (Wildman–Crippen LogP) is 1.84. The van der Waals surface area contributed by atoms with Gasteiger partial charge in [-0.1, -0.05) is 0 Å². The minimum absolute atomic E-state index is 0.0422. The lowest BCUT2D eigenvalue weighted by Gasteiger charge is -2.54. The first kappa shape index (κ1) is 21.2. The lowest BCUT2D eigenvalue weighted by molar-refractivity contribution is -0.129. The number of nitriles is 1. The lowest BCUT2D eigenvalue weighted by Crippen LogP contribution is -2.61. The van der Waals surface area contributed by atoms with Gasteiger partial charge in [0, 0.05) is 19.1 Å². The average molecular weight is 435 g/mol. The largest absolute Gasteiger partial charge is 0.351 e. The third-order valence-electron chi connectivity index (χ3n) is 7.22. The fourth-order valence-corrected chi connectivity index (χ4v) is 6.57. The quantitative estimate of drug-likeness (QED) is 0.781. The first-order valence-corrected chi connectivity index (χ1v) is 11.9. The summed E-state index contributed by atoms with van der Waals surface area (Å²) < 4.78 is 40.9. The molecule has 1 aromatic rings. The molecule has 0 radical (unpaired) electrons. The summed E-state index contributed by atoms with van der Waals surface area (Å²) in [4.78, 5) is 14.7. The highest BCUT2D eigenvalue weighted by molar-refractivity contribution is 7.89. The van der Waals surface area contributed by atoms with Gasteiger partial charge in [-0.05, 0) is 75.7 Å². The van der Waals surface area contributed by atoms with E-state index in [2.05, 4.69) is 10.2 Å². The van der Waals surface area contributed by atoms with Crippen LogP contribution in [0.3, 0.4) is 0 Å². The van der Waals surface area contributed by atoms with Crippen LogP contribution in [0.4, 0.5) is 4.39 Å². The Kier molecular flexibility index (Phi) is 5.60. The number of carbonyl (C=O) groups excluding carboxylic acids is 1. The van der Waals surface area contributed by atoms with Crippen LogP contribution in [0, 0.1) is 22.6 Å². The van der Waals surface area contributed by atoms with Crippen LogP contribution in [0.25, 0.3) is 0 Å². The van der Waals surface area contributed by atoms with Crippen molar-refractivity contribution in [1.29, 1.82) is 5.26 Å². The van der Waals surface area contributed by atoms with Crippen molar-refractivity contribution in [3.05, 3.63) is 29.6 Å². The van der Waals surface area contributed by atoms with E-state index in [0.717, 1.165) is 44.4 Å². The number of benzene rings is 1. The molecule has 2 saturated heterocycles. The van der Waals surface area contributed by atoms with Crippen molar-refractivity contribution in [2.24, 2.45) is 5.41 Å². The van der Waals surface area contributed by atoms with E-state index in [9.17, 15) is 17.6 Å². The van der Waals surface area contributed by atoms with Crippen LogP contribution in [0.5, 0.6) is 0 Å². The number of nitrogens with zero attached hydrogens (tertiary/aromatic N) is 3. The Bertz CT molecular complexity index is 982. The van der Waals surface area contributed by atoms with E-state index >= 15 is 0 Å². The molecule has 2 atom stereocenters. The molecule has 162 valence electrons. The molecule has 0 bridgehead atoms. The third kappa shape index (κ3) is 3.61. The number of sulfonamides is 1. The molecule has 1 aliphatic carbocycles. The maximum Gasteiger partial charge on any atom is 0.243 e. The van der Waals surface area contributed by atoms with Crippen LogP contribution >= 0.6 is 0 Å². The first-order valence-electron chi connectivity index (χ1n) is 10.5. The van der Waals surface area contributed by atoms with E-state index in [1.54, 1.807) is 6.07 Å². The molecule has 1 unspecified atom stereocenters. The maximum atomic E-state index is 13.6. The summed E-state index contributed by atoms with van der Waals surface area (Å²) in [5, 5.41) is 12.2. The Hall–Kier alpha value is -2.02. The van der Waals surface area contributed by atoms with E-state index in [1.807, 2.05) is 7.05 Å². The zero-order chi connectivity index (χ0) is 21.5. The van der Waals surface area contributed by atoms with Crippen LogP contribution in [0.15, 0.2) is 23.1 Å². The summed E-state index contributed by atoms with van der Waals surface area (Å²) in [5.74, 6) is -0.639. The summed E-state index contributed by atoms with van der Waals surface area (Å²) in [6.07, 6.45) is 5.21. The van der Waals surface area contributed by atoms with E-state index in [1.165, 1.54) is 10.4 Å². The van der Waals surface area contributed by atoms with Gasteiger partial charge in [0.05, 0.1) is 16.5 Å². The molecule has 4 rings (SSSR count). The molecule has 1 amide bonds. The molecule has 2 aliphatic heterocycles. The zero-order valence-electron chi connectivity index (χ0n) is 17.1. The van der Waals surface area contributed by atoms with Gasteiger partial charge in [-0.3, -0.25) is 9.69 Å². The van der Waals surface area contributed by atoms with Gasteiger partial charge in [-0.15, -0.1) is 0 Å². The van der Waals surface area contributed by atoms with Crippen molar-refractivity contribution in [3.8, 4) is 6.07 Å². The number of nitrogens with one attached hydrogen (secondary N) is 1. The Balaban J connectivity index is 1.41. The number of likely N-dealkylation sites (tertiary alicyclic amines) is 1. The van der Waals surface area contributed by atoms with E-state index < -0.39 is 15.8 Å². The number of halogens is 1. The van der Waals surface area contributed by atoms with Gasteiger partial charge in [0.2, 0.25) is 15.9 Å². The summed E-state index contributed by atoms with van der Waals surface area (Å²) >= 11 is 0. The van der Waals surface area contributed by atoms with Crippen LogP contribution in [0.2, 0.25) is 0 Å². The van der Waals surface area contributed by atoms with Crippen molar-refractivity contribution in [2.45, 2.75) is 55.5 Å². The van der Waals surface area contributed by atoms with Crippen molar-refractivity contribution < 1.29 is 17.6 Å². The summed E-state index contributed by atoms with van der Waals surface area (Å²) in [6, 6.07) is 5.06. The molecule has 1 aromatic carbocycles. The second-order valence-corrected chi connectivity index (χ2v) is 10.7. The molecule has 9 heteroatoms. The molecule has 3 aliphatic rings. The molecule has 1 N–H and O–H groups in total. The normalized spacial score (nSPS) is 26.8. The lowest BCUT2D eigenvalue weighted by atomic mass is 9.59. The van der Waals surface area contributed by atoms with Gasteiger partial charge >= 0.3 is 0 Å². The van der Waals surface area contributed by atoms with Gasteiger partial charge in [-0.25, -0.2) is 12.8 Å². The number of likely N-dealkylation sites (N-methyl/N-ethyl adjacent to an activating group) is 1. The smallest absolute Gasteiger partial charge is 0.243 e. The Morgan fingerprint density at radius 3 is 2.53 bits per heavy atom. The molecular formula is C21H27FN4O3S. The second kappa shape index (κ2) is 7.91. The minimum Gasteiger partial charge on any atom is -0.351 e. The van der Waals surface area contributed by atoms with Crippen LogP contribution in [-0.4, -0.2) is 62.3 Å². The van der Waals surface area contributed by atoms with Crippen LogP contribution < -0.4 is 5.32 Å². The van der Waals surface area contributed by atoms with Crippen LogP contribution in [0.1, 0.15) is 44.1 Å². The van der Waals surface area contributed by atoms with Crippen molar-refractivity contribution >= 4 is 15.9 Å². The Morgan fingerprint density at radius 2 is 1.97 bits per heavy atom. The molecule has 3 fully saturated rings. The van der Waals surface area contributed by atoms with Gasteiger partial charge in [-0.2, -0.15) is 9.57 Å². The molecule has 30 heavy (non-hydrogen) atoms. The van der Waals surface area contributed by atoms with Gasteiger partial charge in [0.15, 0.2) is 0 Å². The standard InChI is InChI=1S/C21H27FN4O3S/c1-25-10-2-3-18(25)20(27)24-19-6-7-21(19)8-11-26(12-9-21)30(28,29)16-4-5-17(22)15(13-16)14-23/h4-5,13,18-19H,2-3,6-12H2,1H3,(H,24,27)/t18-,19?/m1/s1. The van der Waals surface area contributed by atoms with E-state index in [-0.39, 0.29) is 33.9 Å².